The van der Waals surface area contributed by atoms with Crippen molar-refractivity contribution in [2.75, 3.05) is 0 Å². The summed E-state index contributed by atoms with van der Waals surface area (Å²) in [6.07, 6.45) is 4.88. The lowest BCUT2D eigenvalue weighted by atomic mass is 9.95. The lowest BCUT2D eigenvalue weighted by molar-refractivity contribution is 0.0922. The Bertz CT molecular complexity index is 952. The van der Waals surface area contributed by atoms with Crippen LogP contribution in [0.25, 0.3) is 5.69 Å². The predicted octanol–water partition coefficient (Wildman–Crippen LogP) is 1.91. The van der Waals surface area contributed by atoms with E-state index in [1.807, 2.05) is 19.1 Å². The number of hydrogen-bond donors (Lipinski definition) is 3. The molecule has 0 atom stereocenters. The Morgan fingerprint density at radius 1 is 1.19 bits per heavy atom. The zero-order valence-electron chi connectivity index (χ0n) is 15.0. The molecule has 1 fully saturated rings. The van der Waals surface area contributed by atoms with Gasteiger partial charge in [-0.15, -0.1) is 0 Å². The van der Waals surface area contributed by atoms with Crippen LogP contribution in [-0.2, 0) is 0 Å². The largest absolute Gasteiger partial charge is 0.493 e. The van der Waals surface area contributed by atoms with Gasteiger partial charge in [0, 0.05) is 6.04 Å². The summed E-state index contributed by atoms with van der Waals surface area (Å²) in [5, 5.41) is 13.4. The Morgan fingerprint density at radius 3 is 2.58 bits per heavy atom. The predicted molar refractivity (Wildman–Crippen MR) is 98.1 cm³/mol. The third-order valence-corrected chi connectivity index (χ3v) is 4.86. The molecule has 0 unspecified atom stereocenters. The van der Waals surface area contributed by atoms with Crippen molar-refractivity contribution < 1.29 is 9.90 Å². The van der Waals surface area contributed by atoms with Crippen LogP contribution in [0.15, 0.2) is 27.8 Å². The van der Waals surface area contributed by atoms with Gasteiger partial charge in [-0.25, -0.2) is 9.36 Å². The van der Waals surface area contributed by atoms with Gasteiger partial charge >= 0.3 is 5.69 Å². The molecule has 26 heavy (non-hydrogen) atoms. The Kier molecular flexibility index (Phi) is 4.97. The highest BCUT2D eigenvalue weighted by molar-refractivity contribution is 5.96. The van der Waals surface area contributed by atoms with E-state index in [-0.39, 0.29) is 6.04 Å². The van der Waals surface area contributed by atoms with Crippen molar-refractivity contribution in [1.29, 1.82) is 0 Å². The van der Waals surface area contributed by atoms with Crippen LogP contribution in [0.4, 0.5) is 0 Å². The molecule has 1 aromatic heterocycles. The lowest BCUT2D eigenvalue weighted by Gasteiger charge is -2.23. The second-order valence-electron chi connectivity index (χ2n) is 6.89. The van der Waals surface area contributed by atoms with Crippen LogP contribution in [0, 0.1) is 13.8 Å². The number of nitrogens with zero attached hydrogens (tertiary/aromatic N) is 1. The number of H-pyrrole nitrogens is 1. The van der Waals surface area contributed by atoms with E-state index in [0.717, 1.165) is 47.8 Å². The maximum absolute atomic E-state index is 12.6. The van der Waals surface area contributed by atoms with Crippen molar-refractivity contribution in [2.24, 2.45) is 0 Å². The second kappa shape index (κ2) is 7.19. The molecule has 2 aromatic rings. The molecule has 138 valence electrons. The number of aryl methyl sites for hydroxylation is 2. The van der Waals surface area contributed by atoms with Crippen LogP contribution < -0.4 is 16.6 Å². The Hall–Kier alpha value is -2.83. The molecule has 1 aliphatic rings. The number of rotatable bonds is 3. The van der Waals surface area contributed by atoms with Crippen molar-refractivity contribution in [3.63, 3.8) is 0 Å². The van der Waals surface area contributed by atoms with E-state index in [0.29, 0.717) is 5.69 Å². The van der Waals surface area contributed by atoms with Crippen LogP contribution >= 0.6 is 0 Å². The Morgan fingerprint density at radius 2 is 1.88 bits per heavy atom. The maximum Gasteiger partial charge on any atom is 0.335 e. The number of aromatic hydroxyl groups is 1. The SMILES string of the molecule is Cc1ccc(C)c(-n2c(O)c(C(=O)NC3CCCCC3)c(=O)[nH]c2=O)c1. The highest BCUT2D eigenvalue weighted by Gasteiger charge is 2.25. The number of carbonyl (C=O) groups is 1. The fourth-order valence-electron chi connectivity index (χ4n) is 3.42. The van der Waals surface area contributed by atoms with Gasteiger partial charge in [-0.1, -0.05) is 31.4 Å². The first-order valence-corrected chi connectivity index (χ1v) is 8.85. The third-order valence-electron chi connectivity index (χ3n) is 4.86. The molecule has 0 radical (unpaired) electrons. The summed E-state index contributed by atoms with van der Waals surface area (Å²) in [6.45, 7) is 3.64. The number of aromatic amines is 1. The van der Waals surface area contributed by atoms with Crippen molar-refractivity contribution in [3.8, 4) is 11.6 Å². The van der Waals surface area contributed by atoms with Crippen molar-refractivity contribution in [2.45, 2.75) is 52.0 Å². The number of hydrogen-bond acceptors (Lipinski definition) is 4. The lowest BCUT2D eigenvalue weighted by Crippen LogP contribution is -2.41. The van der Waals surface area contributed by atoms with E-state index >= 15 is 0 Å². The van der Waals surface area contributed by atoms with Gasteiger partial charge in [0.05, 0.1) is 5.69 Å². The van der Waals surface area contributed by atoms with Gasteiger partial charge in [0.2, 0.25) is 5.88 Å². The van der Waals surface area contributed by atoms with Gasteiger partial charge in [0.15, 0.2) is 5.56 Å². The first-order chi connectivity index (χ1) is 12.4. The molecule has 0 bridgehead atoms. The van der Waals surface area contributed by atoms with Crippen LogP contribution in [0.3, 0.4) is 0 Å². The highest BCUT2D eigenvalue weighted by atomic mass is 16.3. The molecule has 3 rings (SSSR count). The minimum atomic E-state index is -0.887. The van der Waals surface area contributed by atoms with E-state index in [9.17, 15) is 19.5 Å². The number of benzene rings is 1. The summed E-state index contributed by atoms with van der Waals surface area (Å²) in [4.78, 5) is 39.2. The van der Waals surface area contributed by atoms with E-state index in [1.54, 1.807) is 13.0 Å². The maximum atomic E-state index is 12.6. The van der Waals surface area contributed by atoms with Gasteiger partial charge in [-0.05, 0) is 43.9 Å². The van der Waals surface area contributed by atoms with Crippen LogP contribution in [0.5, 0.6) is 5.88 Å². The minimum absolute atomic E-state index is 0.0175. The van der Waals surface area contributed by atoms with Crippen LogP contribution in [-0.4, -0.2) is 26.6 Å². The molecule has 1 heterocycles. The Labute approximate surface area is 150 Å². The van der Waals surface area contributed by atoms with Crippen LogP contribution in [0.2, 0.25) is 0 Å². The number of amides is 1. The van der Waals surface area contributed by atoms with Gasteiger partial charge in [0.25, 0.3) is 11.5 Å². The van der Waals surface area contributed by atoms with E-state index in [1.165, 1.54) is 0 Å². The summed E-state index contributed by atoms with van der Waals surface area (Å²) in [7, 11) is 0. The fourth-order valence-corrected chi connectivity index (χ4v) is 3.42. The summed E-state index contributed by atoms with van der Waals surface area (Å²) in [6, 6.07) is 5.39. The zero-order valence-corrected chi connectivity index (χ0v) is 15.0. The summed E-state index contributed by atoms with van der Waals surface area (Å²) >= 11 is 0. The molecule has 1 aromatic carbocycles. The fraction of sp³-hybridized carbons (Fsp3) is 0.421. The summed E-state index contributed by atoms with van der Waals surface area (Å²) < 4.78 is 0.972. The summed E-state index contributed by atoms with van der Waals surface area (Å²) in [5.41, 5.74) is -0.0562. The molecule has 7 heteroatoms. The van der Waals surface area contributed by atoms with Gasteiger partial charge in [0.1, 0.15) is 0 Å². The highest BCUT2D eigenvalue weighted by Crippen LogP contribution is 2.22. The van der Waals surface area contributed by atoms with Crippen molar-refractivity contribution in [3.05, 3.63) is 55.7 Å². The monoisotopic (exact) mass is 357 g/mol. The number of nitrogens with one attached hydrogen (secondary N) is 2. The number of aromatic nitrogens is 2. The first kappa shape index (κ1) is 18.0. The Balaban J connectivity index is 2.07. The van der Waals surface area contributed by atoms with Gasteiger partial charge in [-0.2, -0.15) is 0 Å². The molecule has 1 amide bonds. The molecule has 3 N–H and O–H groups in total. The minimum Gasteiger partial charge on any atom is -0.493 e. The number of carbonyl (C=O) groups excluding carboxylic acids is 1. The first-order valence-electron chi connectivity index (χ1n) is 8.85. The molecule has 1 saturated carbocycles. The summed E-state index contributed by atoms with van der Waals surface area (Å²) in [5.74, 6) is -1.30. The average molecular weight is 357 g/mol. The van der Waals surface area contributed by atoms with Crippen molar-refractivity contribution >= 4 is 5.91 Å². The quantitative estimate of drug-likeness (QED) is 0.780. The standard InChI is InChI=1S/C19H23N3O4/c1-11-8-9-12(2)14(10-11)22-18(25)15(17(24)21-19(22)26)16(23)20-13-6-4-3-5-7-13/h8-10,13,25H,3-7H2,1-2H3,(H,20,23)(H,21,24,26). The van der Waals surface area contributed by atoms with E-state index < -0.39 is 28.6 Å². The smallest absolute Gasteiger partial charge is 0.335 e. The molecular weight excluding hydrogens is 334 g/mol. The van der Waals surface area contributed by atoms with Crippen LogP contribution in [0.1, 0.15) is 53.6 Å². The van der Waals surface area contributed by atoms with Crippen molar-refractivity contribution in [1.82, 2.24) is 14.9 Å². The van der Waals surface area contributed by atoms with Gasteiger partial charge in [-0.3, -0.25) is 14.6 Å². The molecule has 0 spiro atoms. The topological polar surface area (TPSA) is 104 Å². The molecule has 0 saturated heterocycles. The molecule has 7 nitrogen and oxygen atoms in total. The van der Waals surface area contributed by atoms with E-state index in [4.69, 9.17) is 0 Å². The second-order valence-corrected chi connectivity index (χ2v) is 6.89. The molecule has 1 aliphatic carbocycles. The average Bonchev–Trinajstić information content (AvgIpc) is 2.58. The van der Waals surface area contributed by atoms with E-state index in [2.05, 4.69) is 10.3 Å². The molecular formula is C19H23N3O4. The van der Waals surface area contributed by atoms with Gasteiger partial charge < -0.3 is 10.4 Å². The third kappa shape index (κ3) is 3.42. The molecule has 0 aliphatic heterocycles. The normalized spacial score (nSPS) is 15.0. The zero-order chi connectivity index (χ0) is 18.8.